The lowest BCUT2D eigenvalue weighted by atomic mass is 9.91. The van der Waals surface area contributed by atoms with Crippen LogP contribution in [0, 0.1) is 13.8 Å². The zero-order valence-corrected chi connectivity index (χ0v) is 16.4. The number of carbonyl (C=O) groups is 1. The number of benzene rings is 1. The van der Waals surface area contributed by atoms with Crippen LogP contribution in [0.15, 0.2) is 42.2 Å². The summed E-state index contributed by atoms with van der Waals surface area (Å²) in [5.41, 5.74) is 6.75. The van der Waals surface area contributed by atoms with Crippen LogP contribution in [0.3, 0.4) is 0 Å². The molecule has 138 valence electrons. The molecule has 1 saturated heterocycles. The molecule has 2 aromatic heterocycles. The van der Waals surface area contributed by atoms with Gasteiger partial charge in [0.1, 0.15) is 4.88 Å². The first kappa shape index (κ1) is 17.8. The molecular formula is C21H22N4OS. The third kappa shape index (κ3) is 3.62. The number of thiazole rings is 1. The van der Waals surface area contributed by atoms with Gasteiger partial charge in [0.15, 0.2) is 0 Å². The van der Waals surface area contributed by atoms with Crippen molar-refractivity contribution in [2.45, 2.75) is 32.6 Å². The molecule has 1 amide bonds. The Morgan fingerprint density at radius 3 is 2.81 bits per heavy atom. The lowest BCUT2D eigenvalue weighted by molar-refractivity contribution is 0.0710. The third-order valence-corrected chi connectivity index (χ3v) is 5.97. The van der Waals surface area contributed by atoms with E-state index >= 15 is 0 Å². The van der Waals surface area contributed by atoms with Crippen molar-refractivity contribution in [2.75, 3.05) is 13.1 Å². The Bertz CT molecular complexity index is 968. The molecule has 0 radical (unpaired) electrons. The van der Waals surface area contributed by atoms with Crippen LogP contribution in [0.2, 0.25) is 0 Å². The Hall–Kier alpha value is -2.60. The van der Waals surface area contributed by atoms with E-state index < -0.39 is 0 Å². The first-order valence-electron chi connectivity index (χ1n) is 9.21. The summed E-state index contributed by atoms with van der Waals surface area (Å²) in [6.45, 7) is 5.43. The third-order valence-electron chi connectivity index (χ3n) is 5.05. The van der Waals surface area contributed by atoms with Crippen LogP contribution in [-0.2, 0) is 0 Å². The largest absolute Gasteiger partial charge is 0.337 e. The Morgan fingerprint density at radius 1 is 1.19 bits per heavy atom. The number of hydrogen-bond donors (Lipinski definition) is 0. The van der Waals surface area contributed by atoms with Crippen molar-refractivity contribution in [3.63, 3.8) is 0 Å². The fourth-order valence-corrected chi connectivity index (χ4v) is 4.47. The number of aryl methyl sites for hydroxylation is 2. The van der Waals surface area contributed by atoms with Gasteiger partial charge in [0.2, 0.25) is 0 Å². The Balaban J connectivity index is 1.63. The maximum Gasteiger partial charge on any atom is 0.265 e. The van der Waals surface area contributed by atoms with Crippen LogP contribution in [0.4, 0.5) is 0 Å². The summed E-state index contributed by atoms with van der Waals surface area (Å²) >= 11 is 1.42. The van der Waals surface area contributed by atoms with Gasteiger partial charge in [0.05, 0.1) is 22.6 Å². The second-order valence-corrected chi connectivity index (χ2v) is 7.87. The molecule has 0 aliphatic carbocycles. The molecule has 0 bridgehead atoms. The predicted octanol–water partition coefficient (Wildman–Crippen LogP) is 4.24. The molecule has 0 spiro atoms. The maximum absolute atomic E-state index is 12.9. The molecule has 3 heterocycles. The normalized spacial score (nSPS) is 17.1. The molecular weight excluding hydrogens is 356 g/mol. The topological polar surface area (TPSA) is 59.0 Å². The minimum atomic E-state index is 0.0840. The molecule has 1 atom stereocenters. The van der Waals surface area contributed by atoms with E-state index in [1.54, 1.807) is 17.9 Å². The summed E-state index contributed by atoms with van der Waals surface area (Å²) in [6, 6.07) is 8.34. The zero-order chi connectivity index (χ0) is 18.8. The molecule has 6 heteroatoms. The molecule has 0 saturated carbocycles. The highest BCUT2D eigenvalue weighted by Crippen LogP contribution is 2.33. The highest BCUT2D eigenvalue weighted by Gasteiger charge is 2.29. The summed E-state index contributed by atoms with van der Waals surface area (Å²) in [5, 5.41) is 0. The predicted molar refractivity (Wildman–Crippen MR) is 107 cm³/mol. The van der Waals surface area contributed by atoms with Gasteiger partial charge in [-0.15, -0.1) is 11.3 Å². The quantitative estimate of drug-likeness (QED) is 0.684. The monoisotopic (exact) mass is 378 g/mol. The van der Waals surface area contributed by atoms with Crippen LogP contribution in [0.5, 0.6) is 0 Å². The lowest BCUT2D eigenvalue weighted by Crippen LogP contribution is -2.39. The van der Waals surface area contributed by atoms with Crippen molar-refractivity contribution in [3.05, 3.63) is 64.0 Å². The Morgan fingerprint density at radius 2 is 2.04 bits per heavy atom. The summed E-state index contributed by atoms with van der Waals surface area (Å²) in [7, 11) is 0. The van der Waals surface area contributed by atoms with E-state index in [-0.39, 0.29) is 11.8 Å². The lowest BCUT2D eigenvalue weighted by Gasteiger charge is -2.33. The number of aromatic nitrogens is 3. The number of hydrogen-bond acceptors (Lipinski definition) is 5. The molecule has 27 heavy (non-hydrogen) atoms. The van der Waals surface area contributed by atoms with Crippen LogP contribution >= 0.6 is 11.3 Å². The van der Waals surface area contributed by atoms with Crippen LogP contribution in [0.25, 0.3) is 11.3 Å². The average Bonchev–Trinajstić information content (AvgIpc) is 3.13. The highest BCUT2D eigenvalue weighted by atomic mass is 32.1. The smallest absolute Gasteiger partial charge is 0.265 e. The van der Waals surface area contributed by atoms with Crippen LogP contribution in [-0.4, -0.2) is 38.8 Å². The average molecular weight is 379 g/mol. The summed E-state index contributed by atoms with van der Waals surface area (Å²) < 4.78 is 0. The first-order chi connectivity index (χ1) is 13.1. The fraction of sp³-hybridized carbons (Fsp3) is 0.333. The number of piperidine rings is 1. The van der Waals surface area contributed by atoms with Crippen molar-refractivity contribution in [2.24, 2.45) is 0 Å². The zero-order valence-electron chi connectivity index (χ0n) is 15.6. The van der Waals surface area contributed by atoms with Gasteiger partial charge in [-0.05, 0) is 32.8 Å². The summed E-state index contributed by atoms with van der Waals surface area (Å²) in [6.07, 6.45) is 5.48. The number of rotatable bonds is 3. The standard InChI is InChI=1S/C21H22N4OS/c1-14-5-3-6-16(11-14)18-19(23-9-8-22-18)17-7-4-10-25(12-17)21(26)20-15(2)24-13-27-20/h3,5-6,8-9,11,13,17H,4,7,10,12H2,1-2H3. The number of amides is 1. The van der Waals surface area contributed by atoms with E-state index in [1.165, 1.54) is 16.9 Å². The molecule has 1 fully saturated rings. The van der Waals surface area contributed by atoms with Crippen molar-refractivity contribution < 1.29 is 4.79 Å². The molecule has 1 aromatic carbocycles. The molecule has 0 N–H and O–H groups in total. The molecule has 1 aliphatic heterocycles. The van der Waals surface area contributed by atoms with E-state index in [4.69, 9.17) is 0 Å². The van der Waals surface area contributed by atoms with E-state index in [9.17, 15) is 4.79 Å². The van der Waals surface area contributed by atoms with Gasteiger partial charge in [0, 0.05) is 37.0 Å². The van der Waals surface area contributed by atoms with Gasteiger partial charge in [0.25, 0.3) is 5.91 Å². The van der Waals surface area contributed by atoms with E-state index in [0.717, 1.165) is 46.9 Å². The molecule has 5 nitrogen and oxygen atoms in total. The minimum absolute atomic E-state index is 0.0840. The molecule has 1 unspecified atom stereocenters. The van der Waals surface area contributed by atoms with Gasteiger partial charge < -0.3 is 4.90 Å². The van der Waals surface area contributed by atoms with Crippen molar-refractivity contribution in [3.8, 4) is 11.3 Å². The van der Waals surface area contributed by atoms with Gasteiger partial charge in [-0.2, -0.15) is 0 Å². The molecule has 3 aromatic rings. The van der Waals surface area contributed by atoms with Gasteiger partial charge in [-0.25, -0.2) is 4.98 Å². The Labute approximate surface area is 163 Å². The van der Waals surface area contributed by atoms with E-state index in [0.29, 0.717) is 6.54 Å². The van der Waals surface area contributed by atoms with E-state index in [1.807, 2.05) is 17.9 Å². The molecule has 4 rings (SSSR count). The van der Waals surface area contributed by atoms with E-state index in [2.05, 4.69) is 40.1 Å². The summed E-state index contributed by atoms with van der Waals surface area (Å²) in [4.78, 5) is 29.1. The minimum Gasteiger partial charge on any atom is -0.337 e. The van der Waals surface area contributed by atoms with Gasteiger partial charge in [-0.1, -0.05) is 23.8 Å². The number of carbonyl (C=O) groups excluding carboxylic acids is 1. The number of likely N-dealkylation sites (tertiary alicyclic amines) is 1. The SMILES string of the molecule is Cc1cccc(-c2nccnc2C2CCCN(C(=O)c3scnc3C)C2)c1. The van der Waals surface area contributed by atoms with Gasteiger partial charge in [-0.3, -0.25) is 14.8 Å². The summed E-state index contributed by atoms with van der Waals surface area (Å²) in [5.74, 6) is 0.279. The van der Waals surface area contributed by atoms with Crippen molar-refractivity contribution in [1.29, 1.82) is 0 Å². The van der Waals surface area contributed by atoms with Crippen molar-refractivity contribution in [1.82, 2.24) is 19.9 Å². The molecule has 1 aliphatic rings. The second kappa shape index (κ2) is 7.56. The van der Waals surface area contributed by atoms with Crippen LogP contribution in [0.1, 0.15) is 45.4 Å². The maximum atomic E-state index is 12.9. The van der Waals surface area contributed by atoms with Gasteiger partial charge >= 0.3 is 0 Å². The first-order valence-corrected chi connectivity index (χ1v) is 10.1. The second-order valence-electron chi connectivity index (χ2n) is 7.02. The van der Waals surface area contributed by atoms with Crippen molar-refractivity contribution >= 4 is 17.2 Å². The fourth-order valence-electron chi connectivity index (χ4n) is 3.70. The number of nitrogens with zero attached hydrogens (tertiary/aromatic N) is 4. The Kier molecular flexibility index (Phi) is 4.99. The van der Waals surface area contributed by atoms with Crippen LogP contribution < -0.4 is 0 Å². The highest BCUT2D eigenvalue weighted by molar-refractivity contribution is 7.11.